The predicted molar refractivity (Wildman–Crippen MR) is 54.4 cm³/mol. The van der Waals surface area contributed by atoms with E-state index in [1.54, 1.807) is 0 Å². The lowest BCUT2D eigenvalue weighted by molar-refractivity contribution is 0.358. The van der Waals surface area contributed by atoms with Gasteiger partial charge in [-0.15, -0.1) is 0 Å². The van der Waals surface area contributed by atoms with Crippen LogP contribution in [0.5, 0.6) is 0 Å². The molecule has 1 saturated heterocycles. The van der Waals surface area contributed by atoms with Crippen molar-refractivity contribution in [2.24, 2.45) is 5.73 Å². The topological polar surface area (TPSA) is 38.0 Å². The number of nitrogens with one attached hydrogen (secondary N) is 1. The van der Waals surface area contributed by atoms with Crippen LogP contribution in [0.2, 0.25) is 0 Å². The van der Waals surface area contributed by atoms with E-state index in [1.165, 1.54) is 12.0 Å². The Kier molecular flexibility index (Phi) is 2.62. The monoisotopic (exact) mass is 176 g/mol. The van der Waals surface area contributed by atoms with Gasteiger partial charge in [-0.25, -0.2) is 0 Å². The molecule has 0 unspecified atom stereocenters. The standard InChI is InChI=1S/C11H16N2/c12-10-7-4-8-13-11(10)9-5-2-1-3-6-9/h1-3,5-6,10-11,13H,4,7-8,12H2/t10-,11-/m1/s1. The van der Waals surface area contributed by atoms with Crippen LogP contribution in [0.3, 0.4) is 0 Å². The first-order valence-electron chi connectivity index (χ1n) is 4.92. The molecule has 0 aliphatic carbocycles. The van der Waals surface area contributed by atoms with Gasteiger partial charge >= 0.3 is 0 Å². The van der Waals surface area contributed by atoms with E-state index in [1.807, 2.05) is 6.07 Å². The second-order valence-corrected chi connectivity index (χ2v) is 3.65. The van der Waals surface area contributed by atoms with E-state index >= 15 is 0 Å². The minimum Gasteiger partial charge on any atom is -0.326 e. The average molecular weight is 176 g/mol. The van der Waals surface area contributed by atoms with E-state index in [-0.39, 0.29) is 6.04 Å². The number of rotatable bonds is 1. The van der Waals surface area contributed by atoms with E-state index in [4.69, 9.17) is 5.73 Å². The largest absolute Gasteiger partial charge is 0.326 e. The summed E-state index contributed by atoms with van der Waals surface area (Å²) in [6.45, 7) is 1.09. The Labute approximate surface area is 79.1 Å². The lowest BCUT2D eigenvalue weighted by Crippen LogP contribution is -2.42. The Balaban J connectivity index is 2.15. The third kappa shape index (κ3) is 1.90. The van der Waals surface area contributed by atoms with Gasteiger partial charge in [0.25, 0.3) is 0 Å². The molecule has 1 heterocycles. The van der Waals surface area contributed by atoms with Crippen LogP contribution in [0.15, 0.2) is 30.3 Å². The summed E-state index contributed by atoms with van der Waals surface area (Å²) in [5.74, 6) is 0. The summed E-state index contributed by atoms with van der Waals surface area (Å²) in [6.07, 6.45) is 2.33. The Hall–Kier alpha value is -0.860. The minimum atomic E-state index is 0.274. The zero-order valence-electron chi connectivity index (χ0n) is 7.74. The van der Waals surface area contributed by atoms with E-state index < -0.39 is 0 Å². The fourth-order valence-electron chi connectivity index (χ4n) is 1.94. The highest BCUT2D eigenvalue weighted by Crippen LogP contribution is 2.21. The Bertz CT molecular complexity index is 258. The molecule has 0 saturated carbocycles. The second-order valence-electron chi connectivity index (χ2n) is 3.65. The molecule has 0 aromatic heterocycles. The van der Waals surface area contributed by atoms with Crippen molar-refractivity contribution < 1.29 is 0 Å². The smallest absolute Gasteiger partial charge is 0.0473 e. The maximum atomic E-state index is 6.05. The molecule has 1 aliphatic heterocycles. The fraction of sp³-hybridized carbons (Fsp3) is 0.455. The summed E-state index contributed by atoms with van der Waals surface area (Å²) >= 11 is 0. The van der Waals surface area contributed by atoms with Crippen molar-refractivity contribution in [3.05, 3.63) is 35.9 Å². The molecule has 0 amide bonds. The van der Waals surface area contributed by atoms with Gasteiger partial charge in [-0.3, -0.25) is 0 Å². The highest BCUT2D eigenvalue weighted by molar-refractivity contribution is 5.21. The summed E-state index contributed by atoms with van der Waals surface area (Å²) in [5, 5.41) is 3.46. The van der Waals surface area contributed by atoms with Crippen LogP contribution >= 0.6 is 0 Å². The first kappa shape index (κ1) is 8.73. The minimum absolute atomic E-state index is 0.274. The van der Waals surface area contributed by atoms with Gasteiger partial charge in [-0.05, 0) is 24.9 Å². The lowest BCUT2D eigenvalue weighted by Gasteiger charge is -2.30. The molecular formula is C11H16N2. The zero-order valence-corrected chi connectivity index (χ0v) is 7.74. The van der Waals surface area contributed by atoms with Crippen LogP contribution in [0.1, 0.15) is 24.4 Å². The van der Waals surface area contributed by atoms with E-state index in [0.29, 0.717) is 6.04 Å². The molecule has 13 heavy (non-hydrogen) atoms. The molecule has 1 aromatic rings. The van der Waals surface area contributed by atoms with Crippen molar-refractivity contribution in [2.75, 3.05) is 6.54 Å². The predicted octanol–water partition coefficient (Wildman–Crippen LogP) is 1.44. The van der Waals surface area contributed by atoms with Crippen molar-refractivity contribution in [2.45, 2.75) is 24.9 Å². The number of piperidine rings is 1. The first-order chi connectivity index (χ1) is 6.38. The molecule has 1 aliphatic rings. The molecule has 0 bridgehead atoms. The van der Waals surface area contributed by atoms with E-state index in [9.17, 15) is 0 Å². The Morgan fingerprint density at radius 1 is 1.23 bits per heavy atom. The van der Waals surface area contributed by atoms with Crippen molar-refractivity contribution in [3.63, 3.8) is 0 Å². The molecule has 1 fully saturated rings. The fourth-order valence-corrected chi connectivity index (χ4v) is 1.94. The quantitative estimate of drug-likeness (QED) is 0.679. The number of nitrogens with two attached hydrogens (primary N) is 1. The normalized spacial score (nSPS) is 28.7. The van der Waals surface area contributed by atoms with E-state index in [0.717, 1.165) is 13.0 Å². The highest BCUT2D eigenvalue weighted by Gasteiger charge is 2.21. The molecule has 2 heteroatoms. The van der Waals surface area contributed by atoms with Crippen molar-refractivity contribution in [1.82, 2.24) is 5.32 Å². The van der Waals surface area contributed by atoms with Crippen molar-refractivity contribution in [1.29, 1.82) is 0 Å². The van der Waals surface area contributed by atoms with Crippen molar-refractivity contribution in [3.8, 4) is 0 Å². The Morgan fingerprint density at radius 3 is 2.69 bits per heavy atom. The maximum absolute atomic E-state index is 6.05. The zero-order chi connectivity index (χ0) is 9.10. The van der Waals surface area contributed by atoms with Gasteiger partial charge in [-0.1, -0.05) is 30.3 Å². The van der Waals surface area contributed by atoms with Crippen LogP contribution in [0.4, 0.5) is 0 Å². The van der Waals surface area contributed by atoms with Gasteiger partial charge in [0, 0.05) is 12.1 Å². The summed E-state index contributed by atoms with van der Waals surface area (Å²) in [4.78, 5) is 0. The SMILES string of the molecule is N[C@@H]1CCCN[C@@H]1c1ccccc1. The third-order valence-electron chi connectivity index (χ3n) is 2.67. The number of benzene rings is 1. The number of hydrogen-bond acceptors (Lipinski definition) is 2. The van der Waals surface area contributed by atoms with Gasteiger partial charge in [0.15, 0.2) is 0 Å². The molecule has 2 nitrogen and oxygen atoms in total. The van der Waals surface area contributed by atoms with Gasteiger partial charge in [0.1, 0.15) is 0 Å². The summed E-state index contributed by atoms with van der Waals surface area (Å²) < 4.78 is 0. The third-order valence-corrected chi connectivity index (χ3v) is 2.67. The summed E-state index contributed by atoms with van der Waals surface area (Å²) in [5.41, 5.74) is 7.36. The van der Waals surface area contributed by atoms with Gasteiger partial charge in [0.2, 0.25) is 0 Å². The molecule has 1 aromatic carbocycles. The maximum Gasteiger partial charge on any atom is 0.0473 e. The van der Waals surface area contributed by atoms with Gasteiger partial charge < -0.3 is 11.1 Å². The Morgan fingerprint density at radius 2 is 2.00 bits per heavy atom. The van der Waals surface area contributed by atoms with Crippen LogP contribution in [0.25, 0.3) is 0 Å². The average Bonchev–Trinajstić information content (AvgIpc) is 2.20. The van der Waals surface area contributed by atoms with Crippen LogP contribution < -0.4 is 11.1 Å². The second kappa shape index (κ2) is 3.90. The molecule has 3 N–H and O–H groups in total. The van der Waals surface area contributed by atoms with Crippen molar-refractivity contribution >= 4 is 0 Å². The summed E-state index contributed by atoms with van der Waals surface area (Å²) in [7, 11) is 0. The first-order valence-corrected chi connectivity index (χ1v) is 4.92. The van der Waals surface area contributed by atoms with Crippen LogP contribution in [-0.2, 0) is 0 Å². The molecule has 0 spiro atoms. The van der Waals surface area contributed by atoms with E-state index in [2.05, 4.69) is 29.6 Å². The molecule has 2 rings (SSSR count). The lowest BCUT2D eigenvalue weighted by atomic mass is 9.93. The molecule has 70 valence electrons. The molecule has 0 radical (unpaired) electrons. The van der Waals surface area contributed by atoms with Gasteiger partial charge in [0.05, 0.1) is 0 Å². The highest BCUT2D eigenvalue weighted by atomic mass is 15.0. The van der Waals surface area contributed by atoms with Crippen LogP contribution in [0, 0.1) is 0 Å². The van der Waals surface area contributed by atoms with Crippen LogP contribution in [-0.4, -0.2) is 12.6 Å². The number of hydrogen-bond donors (Lipinski definition) is 2. The summed E-state index contributed by atoms with van der Waals surface area (Å²) in [6, 6.07) is 11.1. The molecule has 2 atom stereocenters. The molecular weight excluding hydrogens is 160 g/mol. The van der Waals surface area contributed by atoms with Gasteiger partial charge in [-0.2, -0.15) is 0 Å².